The van der Waals surface area contributed by atoms with E-state index in [2.05, 4.69) is 59.0 Å². The number of esters is 1. The van der Waals surface area contributed by atoms with Crippen LogP contribution >= 0.6 is 0 Å². The van der Waals surface area contributed by atoms with Crippen molar-refractivity contribution in [3.63, 3.8) is 0 Å². The number of methoxy groups -OCH3 is 1. The summed E-state index contributed by atoms with van der Waals surface area (Å²) >= 11 is 0. The molecule has 1 N–H and O–H groups in total. The van der Waals surface area contributed by atoms with Gasteiger partial charge in [-0.1, -0.05) is 71.9 Å². The van der Waals surface area contributed by atoms with Crippen molar-refractivity contribution in [3.8, 4) is 11.5 Å². The Kier molecular flexibility index (Phi) is 9.78. The summed E-state index contributed by atoms with van der Waals surface area (Å²) in [6, 6.07) is 22.1. The van der Waals surface area contributed by atoms with Crippen LogP contribution in [0.3, 0.4) is 0 Å². The lowest BCUT2D eigenvalue weighted by Gasteiger charge is -2.42. The van der Waals surface area contributed by atoms with Gasteiger partial charge in [-0.3, -0.25) is 4.79 Å². The average Bonchev–Trinajstić information content (AvgIpc) is 3.41. The van der Waals surface area contributed by atoms with Crippen molar-refractivity contribution in [1.29, 1.82) is 0 Å². The van der Waals surface area contributed by atoms with E-state index < -0.39 is 20.2 Å². The van der Waals surface area contributed by atoms with Crippen LogP contribution in [0.2, 0.25) is 16.6 Å². The maximum absolute atomic E-state index is 13.0. The molecule has 0 spiro atoms. The first-order valence-electron chi connectivity index (χ1n) is 14.5. The minimum absolute atomic E-state index is 0.181. The smallest absolute Gasteiger partial charge is 0.337 e. The summed E-state index contributed by atoms with van der Waals surface area (Å²) in [5.41, 5.74) is 3.94. The van der Waals surface area contributed by atoms with E-state index in [-0.39, 0.29) is 5.76 Å². The van der Waals surface area contributed by atoms with E-state index in [1.165, 1.54) is 7.11 Å². The molecule has 0 bridgehead atoms. The Bertz CT molecular complexity index is 1470. The Balaban J connectivity index is 1.46. The quantitative estimate of drug-likeness (QED) is 0.132. The van der Waals surface area contributed by atoms with E-state index in [1.807, 2.05) is 36.4 Å². The normalized spacial score (nSPS) is 11.8. The van der Waals surface area contributed by atoms with Crippen molar-refractivity contribution >= 4 is 36.9 Å². The van der Waals surface area contributed by atoms with E-state index in [9.17, 15) is 9.59 Å². The van der Waals surface area contributed by atoms with Gasteiger partial charge in [0.15, 0.2) is 5.76 Å². The lowest BCUT2D eigenvalue weighted by molar-refractivity contribution is 0.0600. The van der Waals surface area contributed by atoms with Crippen LogP contribution in [0.25, 0.3) is 11.0 Å². The number of ether oxygens (including phenoxy) is 2. The van der Waals surface area contributed by atoms with Crippen molar-refractivity contribution < 1.29 is 27.9 Å². The fraction of sp³-hybridized carbons (Fsp3) is 0.353. The van der Waals surface area contributed by atoms with Crippen molar-refractivity contribution in [2.75, 3.05) is 19.0 Å². The van der Waals surface area contributed by atoms with Crippen molar-refractivity contribution in [2.24, 2.45) is 0 Å². The molecule has 0 aliphatic heterocycles. The van der Waals surface area contributed by atoms with Crippen LogP contribution in [0.15, 0.2) is 77.2 Å². The zero-order chi connectivity index (χ0) is 30.4. The molecule has 0 saturated carbocycles. The molecule has 3 aromatic carbocycles. The van der Waals surface area contributed by atoms with Gasteiger partial charge in [-0.2, -0.15) is 0 Å². The largest absolute Gasteiger partial charge is 0.543 e. The van der Waals surface area contributed by atoms with Crippen molar-refractivity contribution in [3.05, 3.63) is 89.7 Å². The predicted octanol–water partition coefficient (Wildman–Crippen LogP) is 8.65. The fourth-order valence-electron chi connectivity index (χ4n) is 5.83. The molecule has 0 atom stereocenters. The first-order valence-corrected chi connectivity index (χ1v) is 16.6. The molecule has 8 heteroatoms. The highest BCUT2D eigenvalue weighted by molar-refractivity contribution is 6.78. The number of benzene rings is 3. The molecule has 0 fully saturated rings. The number of rotatable bonds is 12. The number of hydrogen-bond donors (Lipinski definition) is 1. The Morgan fingerprint density at radius 1 is 0.857 bits per heavy atom. The number of fused-ring (bicyclic) bond motifs is 1. The van der Waals surface area contributed by atoms with Gasteiger partial charge >= 0.3 is 5.97 Å². The molecule has 222 valence electrons. The summed E-state index contributed by atoms with van der Waals surface area (Å²) in [7, 11) is -0.708. The van der Waals surface area contributed by atoms with Crippen LogP contribution < -0.4 is 14.5 Å². The molecule has 0 aliphatic rings. The maximum Gasteiger partial charge on any atom is 0.337 e. The van der Waals surface area contributed by atoms with E-state index in [0.717, 1.165) is 16.7 Å². The van der Waals surface area contributed by atoms with Gasteiger partial charge in [0.05, 0.1) is 25.0 Å². The molecule has 1 amide bonds. The Morgan fingerprint density at radius 3 is 2.14 bits per heavy atom. The van der Waals surface area contributed by atoms with Gasteiger partial charge in [-0.25, -0.2) is 4.79 Å². The second-order valence-corrected chi connectivity index (χ2v) is 16.8. The first-order chi connectivity index (χ1) is 20.0. The van der Waals surface area contributed by atoms with Crippen molar-refractivity contribution in [1.82, 2.24) is 0 Å². The van der Waals surface area contributed by atoms with E-state index in [0.29, 0.717) is 52.2 Å². The standard InChI is InChI=1S/C34H41NO6Si/c1-22(2)42(23(3)4,24(5)6)41-28-15-12-25(13-16-28)18-19-39-31-21-27(34(37)38-7)14-17-29(31)35-33(36)32-20-26-10-8-9-11-30(26)40-32/h8-17,20-24H,18-19H2,1-7H3,(H,35,36). The number of anilines is 1. The minimum atomic E-state index is -2.03. The number of amides is 1. The van der Waals surface area contributed by atoms with Crippen LogP contribution in [-0.2, 0) is 11.2 Å². The van der Waals surface area contributed by atoms with Gasteiger partial charge in [0.25, 0.3) is 14.2 Å². The molecule has 4 aromatic rings. The van der Waals surface area contributed by atoms with Gasteiger partial charge in [0, 0.05) is 11.8 Å². The van der Waals surface area contributed by atoms with Crippen LogP contribution in [0, 0.1) is 0 Å². The van der Waals surface area contributed by atoms with Crippen molar-refractivity contribution in [2.45, 2.75) is 64.6 Å². The molecular weight excluding hydrogens is 546 g/mol. The zero-order valence-electron chi connectivity index (χ0n) is 25.5. The number of hydrogen-bond acceptors (Lipinski definition) is 6. The SMILES string of the molecule is COC(=O)c1ccc(NC(=O)c2cc3ccccc3o2)c(OCCc2ccc(O[Si](C(C)C)(C(C)C)C(C)C)cc2)c1. The number of nitrogens with one attached hydrogen (secondary N) is 1. The predicted molar refractivity (Wildman–Crippen MR) is 169 cm³/mol. The van der Waals surface area contributed by atoms with E-state index in [1.54, 1.807) is 24.3 Å². The van der Waals surface area contributed by atoms with Gasteiger partial charge in [-0.05, 0) is 64.7 Å². The third kappa shape index (κ3) is 6.70. The maximum atomic E-state index is 13.0. The molecule has 1 heterocycles. The van der Waals surface area contributed by atoms with Gasteiger partial charge in [0.2, 0.25) is 0 Å². The minimum Gasteiger partial charge on any atom is -0.543 e. The highest BCUT2D eigenvalue weighted by atomic mass is 28.4. The number of carbonyl (C=O) groups is 2. The fourth-order valence-corrected chi connectivity index (χ4v) is 11.1. The number of carbonyl (C=O) groups excluding carboxylic acids is 2. The Hall–Kier alpha value is -4.04. The second kappa shape index (κ2) is 13.3. The molecule has 7 nitrogen and oxygen atoms in total. The van der Waals surface area contributed by atoms with E-state index >= 15 is 0 Å². The molecule has 4 rings (SSSR count). The number of para-hydroxylation sites is 1. The molecular formula is C34H41NO6Si. The topological polar surface area (TPSA) is 87.0 Å². The number of furan rings is 1. The zero-order valence-corrected chi connectivity index (χ0v) is 26.5. The Morgan fingerprint density at radius 2 is 1.52 bits per heavy atom. The highest BCUT2D eigenvalue weighted by Crippen LogP contribution is 2.42. The lowest BCUT2D eigenvalue weighted by Crippen LogP contribution is -2.50. The van der Waals surface area contributed by atoms with E-state index in [4.69, 9.17) is 18.3 Å². The molecule has 0 radical (unpaired) electrons. The summed E-state index contributed by atoms with van der Waals surface area (Å²) in [6.07, 6.45) is 0.626. The highest BCUT2D eigenvalue weighted by Gasteiger charge is 2.46. The van der Waals surface area contributed by atoms with Crippen LogP contribution in [0.1, 0.15) is 68.0 Å². The third-order valence-electron chi connectivity index (χ3n) is 7.87. The summed E-state index contributed by atoms with van der Waals surface area (Å²) < 4.78 is 23.5. The molecule has 0 aliphatic carbocycles. The summed E-state index contributed by atoms with van der Waals surface area (Å²) in [5, 5.41) is 3.69. The van der Waals surface area contributed by atoms with Gasteiger partial charge < -0.3 is 23.6 Å². The first kappa shape index (κ1) is 30.9. The molecule has 0 unspecified atom stereocenters. The van der Waals surface area contributed by atoms with Gasteiger partial charge in [0.1, 0.15) is 17.1 Å². The van der Waals surface area contributed by atoms with Crippen LogP contribution in [0.4, 0.5) is 5.69 Å². The molecule has 42 heavy (non-hydrogen) atoms. The second-order valence-electron chi connectivity index (χ2n) is 11.5. The van der Waals surface area contributed by atoms with Gasteiger partial charge in [-0.15, -0.1) is 0 Å². The Labute approximate surface area is 249 Å². The van der Waals surface area contributed by atoms with Crippen LogP contribution in [0.5, 0.6) is 11.5 Å². The summed E-state index contributed by atoms with van der Waals surface area (Å²) in [4.78, 5) is 25.2. The lowest BCUT2D eigenvalue weighted by atomic mass is 10.1. The summed E-state index contributed by atoms with van der Waals surface area (Å²) in [6.45, 7) is 14.0. The summed E-state index contributed by atoms with van der Waals surface area (Å²) in [5.74, 6) is 0.546. The molecule has 0 saturated heterocycles. The van der Waals surface area contributed by atoms with Crippen LogP contribution in [-0.4, -0.2) is 33.9 Å². The third-order valence-corrected chi connectivity index (χ3v) is 13.9. The monoisotopic (exact) mass is 587 g/mol. The molecule has 1 aromatic heterocycles. The average molecular weight is 588 g/mol.